The molecule has 206 valence electrons. The first kappa shape index (κ1) is 32.9. The molecular weight excluding hydrogens is 435 g/mol. The zero-order valence-electron chi connectivity index (χ0n) is 23.7. The first-order chi connectivity index (χ1) is 17.1. The van der Waals surface area contributed by atoms with E-state index < -0.39 is 12.1 Å². The highest BCUT2D eigenvalue weighted by atomic mass is 16.6. The van der Waals surface area contributed by atoms with E-state index in [1.807, 2.05) is 13.8 Å². The number of unbranched alkanes of at least 4 members (excludes halogenated alkanes) is 19. The van der Waals surface area contributed by atoms with Gasteiger partial charge in [-0.2, -0.15) is 0 Å². The van der Waals surface area contributed by atoms with E-state index in [1.165, 1.54) is 122 Å². The number of hydrogen-bond acceptors (Lipinski definition) is 4. The Bertz CT molecular complexity index is 448. The molecule has 5 heteroatoms. The average Bonchev–Trinajstić information content (AvgIpc) is 3.11. The Morgan fingerprint density at radius 2 is 1.09 bits per heavy atom. The van der Waals surface area contributed by atoms with Crippen LogP contribution in [0.15, 0.2) is 0 Å². The molecule has 4 atom stereocenters. The molecule has 0 saturated carbocycles. The number of aliphatic hydroxyl groups excluding tert-OH is 1. The third-order valence-corrected chi connectivity index (χ3v) is 7.27. The molecule has 0 amide bonds. The highest BCUT2D eigenvalue weighted by Gasteiger charge is 2.41. The van der Waals surface area contributed by atoms with Crippen LogP contribution in [0.3, 0.4) is 0 Å². The molecular formula is C30H59BO4. The SMILES string of the molecule is [B][C@@H]1O[C@H](COC(C)C)C(OCCCCCCCCCCCCCCCCCCCCCC)C1O. The van der Waals surface area contributed by atoms with Gasteiger partial charge in [-0.15, -0.1) is 0 Å². The van der Waals surface area contributed by atoms with Gasteiger partial charge in [-0.1, -0.05) is 129 Å². The molecule has 1 aliphatic rings. The lowest BCUT2D eigenvalue weighted by atomic mass is 9.93. The monoisotopic (exact) mass is 494 g/mol. The molecule has 1 aliphatic heterocycles. The molecule has 0 aromatic carbocycles. The lowest BCUT2D eigenvalue weighted by molar-refractivity contribution is -0.0760. The van der Waals surface area contributed by atoms with Crippen molar-refractivity contribution >= 4 is 7.85 Å². The van der Waals surface area contributed by atoms with Crippen LogP contribution in [0.2, 0.25) is 0 Å². The van der Waals surface area contributed by atoms with E-state index in [4.69, 9.17) is 22.1 Å². The van der Waals surface area contributed by atoms with Crippen LogP contribution in [-0.4, -0.2) is 56.6 Å². The van der Waals surface area contributed by atoms with Gasteiger partial charge < -0.3 is 19.3 Å². The van der Waals surface area contributed by atoms with E-state index in [0.717, 1.165) is 6.42 Å². The first-order valence-corrected chi connectivity index (χ1v) is 15.4. The lowest BCUT2D eigenvalue weighted by Crippen LogP contribution is -2.38. The second-order valence-electron chi connectivity index (χ2n) is 11.1. The summed E-state index contributed by atoms with van der Waals surface area (Å²) in [5.74, 6) is 0. The highest BCUT2D eigenvalue weighted by Crippen LogP contribution is 2.23. The van der Waals surface area contributed by atoms with Gasteiger partial charge in [0.1, 0.15) is 26.2 Å². The van der Waals surface area contributed by atoms with Crippen molar-refractivity contribution in [3.05, 3.63) is 0 Å². The second-order valence-corrected chi connectivity index (χ2v) is 11.1. The van der Waals surface area contributed by atoms with Gasteiger partial charge in [-0.3, -0.25) is 0 Å². The molecule has 0 aromatic rings. The maximum absolute atomic E-state index is 10.2. The molecule has 1 fully saturated rings. The zero-order chi connectivity index (χ0) is 25.6. The second kappa shape index (κ2) is 23.1. The molecule has 0 aromatic heterocycles. The van der Waals surface area contributed by atoms with E-state index in [-0.39, 0.29) is 18.3 Å². The van der Waals surface area contributed by atoms with E-state index in [0.29, 0.717) is 13.2 Å². The maximum atomic E-state index is 10.2. The lowest BCUT2D eigenvalue weighted by Gasteiger charge is -2.22. The van der Waals surface area contributed by atoms with Gasteiger partial charge in [-0.25, -0.2) is 0 Å². The quantitative estimate of drug-likeness (QED) is 0.104. The molecule has 1 rings (SSSR count). The Labute approximate surface area is 220 Å². The smallest absolute Gasteiger partial charge is 0.113 e. The molecule has 1 N–H and O–H groups in total. The number of hydrogen-bond donors (Lipinski definition) is 1. The Morgan fingerprint density at radius 1 is 0.686 bits per heavy atom. The summed E-state index contributed by atoms with van der Waals surface area (Å²) < 4.78 is 17.2. The minimum absolute atomic E-state index is 0.123. The first-order valence-electron chi connectivity index (χ1n) is 15.4. The van der Waals surface area contributed by atoms with Crippen LogP contribution in [-0.2, 0) is 14.2 Å². The Kier molecular flexibility index (Phi) is 21.7. The molecule has 2 unspecified atom stereocenters. The van der Waals surface area contributed by atoms with Crippen molar-refractivity contribution in [2.24, 2.45) is 0 Å². The van der Waals surface area contributed by atoms with Crippen LogP contribution in [0.4, 0.5) is 0 Å². The van der Waals surface area contributed by atoms with Crippen LogP contribution < -0.4 is 0 Å². The Hall–Kier alpha value is -0.0951. The molecule has 1 saturated heterocycles. The zero-order valence-corrected chi connectivity index (χ0v) is 23.7. The predicted octanol–water partition coefficient (Wildman–Crippen LogP) is 7.87. The fourth-order valence-electron chi connectivity index (χ4n) is 4.97. The summed E-state index contributed by atoms with van der Waals surface area (Å²) in [6.45, 7) is 7.32. The van der Waals surface area contributed by atoms with Gasteiger partial charge in [0.15, 0.2) is 0 Å². The number of rotatable bonds is 25. The molecule has 1 heterocycles. The molecule has 0 bridgehead atoms. The van der Waals surface area contributed by atoms with E-state index >= 15 is 0 Å². The van der Waals surface area contributed by atoms with E-state index in [2.05, 4.69) is 6.92 Å². The van der Waals surface area contributed by atoms with Crippen molar-refractivity contribution in [2.45, 2.75) is 180 Å². The van der Waals surface area contributed by atoms with Crippen molar-refractivity contribution in [3.8, 4) is 0 Å². The Balaban J connectivity index is 1.81. The van der Waals surface area contributed by atoms with Gasteiger partial charge in [0.05, 0.1) is 12.7 Å². The summed E-state index contributed by atoms with van der Waals surface area (Å²) in [5, 5.41) is 10.2. The van der Waals surface area contributed by atoms with Gasteiger partial charge in [0, 0.05) is 12.6 Å². The van der Waals surface area contributed by atoms with Crippen LogP contribution in [0, 0.1) is 0 Å². The van der Waals surface area contributed by atoms with Crippen molar-refractivity contribution in [3.63, 3.8) is 0 Å². The van der Waals surface area contributed by atoms with Gasteiger partial charge in [0.2, 0.25) is 0 Å². The number of aliphatic hydroxyl groups is 1. The van der Waals surface area contributed by atoms with Crippen LogP contribution >= 0.6 is 0 Å². The van der Waals surface area contributed by atoms with Crippen LogP contribution in [0.25, 0.3) is 0 Å². The molecule has 0 aliphatic carbocycles. The van der Waals surface area contributed by atoms with Crippen molar-refractivity contribution < 1.29 is 19.3 Å². The van der Waals surface area contributed by atoms with Crippen molar-refractivity contribution in [1.29, 1.82) is 0 Å². The third-order valence-electron chi connectivity index (χ3n) is 7.27. The van der Waals surface area contributed by atoms with Gasteiger partial charge in [0.25, 0.3) is 0 Å². The Morgan fingerprint density at radius 3 is 1.49 bits per heavy atom. The molecule has 35 heavy (non-hydrogen) atoms. The highest BCUT2D eigenvalue weighted by molar-refractivity contribution is 6.11. The summed E-state index contributed by atoms with van der Waals surface area (Å²) in [4.78, 5) is 0. The topological polar surface area (TPSA) is 47.9 Å². The summed E-state index contributed by atoms with van der Waals surface area (Å²) in [5.41, 5.74) is 0. The summed E-state index contributed by atoms with van der Waals surface area (Å²) in [6, 6.07) is -0.685. The minimum atomic E-state index is -0.777. The number of ether oxygens (including phenoxy) is 3. The van der Waals surface area contributed by atoms with Crippen molar-refractivity contribution in [1.82, 2.24) is 0 Å². The van der Waals surface area contributed by atoms with Gasteiger partial charge >= 0.3 is 0 Å². The van der Waals surface area contributed by atoms with Crippen LogP contribution in [0.1, 0.15) is 149 Å². The largest absolute Gasteiger partial charge is 0.388 e. The van der Waals surface area contributed by atoms with Crippen molar-refractivity contribution in [2.75, 3.05) is 13.2 Å². The fraction of sp³-hybridized carbons (Fsp3) is 1.00. The standard InChI is InChI=1S/C30H59BO4/c1-4-5-6-7-8-9-10-11-12-13-14-15-16-17-18-19-20-21-22-23-24-33-29-27(25-34-26(2)3)35-30(31)28(29)32/h26-30,32H,4-25H2,1-3H3/t27-,28?,29?,30-/m1/s1. The van der Waals surface area contributed by atoms with Gasteiger partial charge in [-0.05, 0) is 20.3 Å². The normalized spacial score (nSPS) is 22.4. The molecule has 2 radical (unpaired) electrons. The van der Waals surface area contributed by atoms with E-state index in [1.54, 1.807) is 0 Å². The predicted molar refractivity (Wildman–Crippen MR) is 149 cm³/mol. The molecule has 0 spiro atoms. The summed E-state index contributed by atoms with van der Waals surface area (Å²) >= 11 is 0. The van der Waals surface area contributed by atoms with Crippen LogP contribution in [0.5, 0.6) is 0 Å². The summed E-state index contributed by atoms with van der Waals surface area (Å²) in [6.07, 6.45) is 26.3. The average molecular weight is 495 g/mol. The maximum Gasteiger partial charge on any atom is 0.113 e. The van der Waals surface area contributed by atoms with E-state index in [9.17, 15) is 5.11 Å². The third kappa shape index (κ3) is 17.9. The molecule has 4 nitrogen and oxygen atoms in total. The fourth-order valence-corrected chi connectivity index (χ4v) is 4.97. The minimum Gasteiger partial charge on any atom is -0.388 e. The summed E-state index contributed by atoms with van der Waals surface area (Å²) in [7, 11) is 5.84.